The second kappa shape index (κ2) is 10.4. The van der Waals surface area contributed by atoms with Crippen molar-refractivity contribution in [1.82, 2.24) is 15.5 Å². The first-order chi connectivity index (χ1) is 13.2. The lowest BCUT2D eigenvalue weighted by Crippen LogP contribution is -2.48. The highest BCUT2D eigenvalue weighted by molar-refractivity contribution is 5.82. The van der Waals surface area contributed by atoms with Crippen molar-refractivity contribution in [2.24, 2.45) is 17.8 Å². The summed E-state index contributed by atoms with van der Waals surface area (Å²) in [7, 11) is 0. The van der Waals surface area contributed by atoms with Crippen molar-refractivity contribution < 1.29 is 9.59 Å². The van der Waals surface area contributed by atoms with Gasteiger partial charge >= 0.3 is 0 Å². The molecule has 5 heteroatoms. The maximum atomic E-state index is 13.1. The van der Waals surface area contributed by atoms with E-state index in [1.807, 2.05) is 0 Å². The molecule has 0 bridgehead atoms. The van der Waals surface area contributed by atoms with Crippen LogP contribution in [0.1, 0.15) is 77.6 Å². The van der Waals surface area contributed by atoms with E-state index in [0.717, 1.165) is 64.1 Å². The topological polar surface area (TPSA) is 61.4 Å². The lowest BCUT2D eigenvalue weighted by molar-refractivity contribution is -0.138. The lowest BCUT2D eigenvalue weighted by atomic mass is 9.81. The minimum absolute atomic E-state index is 0.00806. The summed E-state index contributed by atoms with van der Waals surface area (Å²) in [6.45, 7) is 5.54. The van der Waals surface area contributed by atoms with Crippen LogP contribution in [0.5, 0.6) is 0 Å². The van der Waals surface area contributed by atoms with Crippen LogP contribution in [0.4, 0.5) is 0 Å². The van der Waals surface area contributed by atoms with Crippen LogP contribution in [0.15, 0.2) is 0 Å². The summed E-state index contributed by atoms with van der Waals surface area (Å²) in [6.07, 6.45) is 12.9. The molecule has 3 atom stereocenters. The Morgan fingerprint density at radius 1 is 1.04 bits per heavy atom. The molecule has 154 valence electrons. The fourth-order valence-electron chi connectivity index (χ4n) is 5.23. The Kier molecular flexibility index (Phi) is 7.98. The molecule has 0 radical (unpaired) electrons. The lowest BCUT2D eigenvalue weighted by Gasteiger charge is -2.36. The Balaban J connectivity index is 1.45. The van der Waals surface area contributed by atoms with Gasteiger partial charge < -0.3 is 15.5 Å². The van der Waals surface area contributed by atoms with E-state index in [4.69, 9.17) is 0 Å². The predicted molar refractivity (Wildman–Crippen MR) is 108 cm³/mol. The summed E-state index contributed by atoms with van der Waals surface area (Å²) < 4.78 is 0. The van der Waals surface area contributed by atoms with Crippen molar-refractivity contribution in [2.45, 2.75) is 83.6 Å². The Bertz CT molecular complexity index is 484. The minimum atomic E-state index is -0.00806. The fourth-order valence-corrected chi connectivity index (χ4v) is 5.23. The van der Waals surface area contributed by atoms with Gasteiger partial charge in [-0.3, -0.25) is 9.59 Å². The summed E-state index contributed by atoms with van der Waals surface area (Å²) in [5.41, 5.74) is 0. The molecule has 2 amide bonds. The van der Waals surface area contributed by atoms with E-state index in [1.54, 1.807) is 0 Å². The van der Waals surface area contributed by atoms with Gasteiger partial charge in [-0.1, -0.05) is 39.0 Å². The highest BCUT2D eigenvalue weighted by Gasteiger charge is 2.30. The Labute approximate surface area is 165 Å². The number of nitrogens with zero attached hydrogens (tertiary/aromatic N) is 1. The third-order valence-electron chi connectivity index (χ3n) is 6.96. The molecule has 2 N–H and O–H groups in total. The molecule has 3 aliphatic rings. The van der Waals surface area contributed by atoms with Crippen molar-refractivity contribution in [3.63, 3.8) is 0 Å². The van der Waals surface area contributed by atoms with Crippen LogP contribution in [0.2, 0.25) is 0 Å². The van der Waals surface area contributed by atoms with E-state index >= 15 is 0 Å². The number of nitrogens with one attached hydrogen (secondary N) is 2. The van der Waals surface area contributed by atoms with Crippen molar-refractivity contribution in [3.05, 3.63) is 0 Å². The van der Waals surface area contributed by atoms with Gasteiger partial charge in [0.25, 0.3) is 0 Å². The van der Waals surface area contributed by atoms with Crippen molar-refractivity contribution >= 4 is 11.8 Å². The largest absolute Gasteiger partial charge is 0.354 e. The number of rotatable bonds is 7. The fraction of sp³-hybridized carbons (Fsp3) is 0.909. The minimum Gasteiger partial charge on any atom is -0.354 e. The van der Waals surface area contributed by atoms with Crippen LogP contribution in [-0.2, 0) is 9.59 Å². The molecule has 3 fully saturated rings. The Morgan fingerprint density at radius 3 is 2.52 bits per heavy atom. The highest BCUT2D eigenvalue weighted by Crippen LogP contribution is 2.31. The molecule has 3 unspecified atom stereocenters. The monoisotopic (exact) mass is 377 g/mol. The molecular weight excluding hydrogens is 338 g/mol. The van der Waals surface area contributed by atoms with Crippen molar-refractivity contribution in [3.8, 4) is 0 Å². The Hall–Kier alpha value is -1.10. The average molecular weight is 378 g/mol. The molecule has 2 saturated heterocycles. The van der Waals surface area contributed by atoms with Gasteiger partial charge in [0.2, 0.25) is 11.8 Å². The average Bonchev–Trinajstić information content (AvgIpc) is 3.26. The van der Waals surface area contributed by atoms with Gasteiger partial charge in [0, 0.05) is 25.6 Å². The molecule has 0 spiro atoms. The summed E-state index contributed by atoms with van der Waals surface area (Å²) in [4.78, 5) is 27.5. The van der Waals surface area contributed by atoms with Crippen LogP contribution >= 0.6 is 0 Å². The van der Waals surface area contributed by atoms with Gasteiger partial charge in [0.05, 0.1) is 6.04 Å². The zero-order valence-electron chi connectivity index (χ0n) is 17.2. The van der Waals surface area contributed by atoms with E-state index in [0.29, 0.717) is 18.4 Å². The van der Waals surface area contributed by atoms with Crippen LogP contribution in [0.3, 0.4) is 0 Å². The molecular formula is C22H39N3O2. The summed E-state index contributed by atoms with van der Waals surface area (Å²) >= 11 is 0. The number of piperidine rings is 1. The summed E-state index contributed by atoms with van der Waals surface area (Å²) in [5.74, 6) is 1.87. The third kappa shape index (κ3) is 5.94. The molecule has 3 rings (SSSR count). The predicted octanol–water partition coefficient (Wildman–Crippen LogP) is 3.09. The second-order valence-electron chi connectivity index (χ2n) is 9.03. The number of carbonyl (C=O) groups excluding carboxylic acids is 2. The van der Waals surface area contributed by atoms with E-state index < -0.39 is 0 Å². The maximum Gasteiger partial charge on any atom is 0.237 e. The first-order valence-electron chi connectivity index (χ1n) is 11.5. The SMILES string of the molecule is CCC(CC1CCCCC1)C(=O)N1CCCC(CNC(=O)C2CCCN2)C1. The number of hydrogen-bond acceptors (Lipinski definition) is 3. The smallest absolute Gasteiger partial charge is 0.237 e. The summed E-state index contributed by atoms with van der Waals surface area (Å²) in [6, 6.07) is -0.00806. The first-order valence-corrected chi connectivity index (χ1v) is 11.5. The molecule has 5 nitrogen and oxygen atoms in total. The van der Waals surface area contributed by atoms with Crippen LogP contribution in [0.25, 0.3) is 0 Å². The molecule has 2 heterocycles. The van der Waals surface area contributed by atoms with E-state index in [-0.39, 0.29) is 17.9 Å². The normalized spacial score (nSPS) is 28.1. The quantitative estimate of drug-likeness (QED) is 0.717. The number of hydrogen-bond donors (Lipinski definition) is 2. The number of amides is 2. The van der Waals surface area contributed by atoms with Gasteiger partial charge in [0.1, 0.15) is 0 Å². The van der Waals surface area contributed by atoms with Gasteiger partial charge in [-0.2, -0.15) is 0 Å². The first kappa shape index (κ1) is 20.6. The highest BCUT2D eigenvalue weighted by atomic mass is 16.2. The standard InChI is InChI=1S/C22H39N3O2/c1-2-19(14-17-8-4-3-5-9-17)22(27)25-13-7-10-18(16-25)15-24-21(26)20-11-6-12-23-20/h17-20,23H,2-16H2,1H3,(H,24,26). The molecule has 2 aliphatic heterocycles. The molecule has 27 heavy (non-hydrogen) atoms. The molecule has 0 aromatic carbocycles. The third-order valence-corrected chi connectivity index (χ3v) is 6.96. The summed E-state index contributed by atoms with van der Waals surface area (Å²) in [5, 5.41) is 6.38. The molecule has 1 saturated carbocycles. The zero-order valence-corrected chi connectivity index (χ0v) is 17.2. The van der Waals surface area contributed by atoms with Crippen LogP contribution < -0.4 is 10.6 Å². The van der Waals surface area contributed by atoms with Gasteiger partial charge in [-0.25, -0.2) is 0 Å². The zero-order chi connectivity index (χ0) is 19.1. The van der Waals surface area contributed by atoms with Crippen molar-refractivity contribution in [2.75, 3.05) is 26.2 Å². The number of likely N-dealkylation sites (tertiary alicyclic amines) is 1. The van der Waals surface area contributed by atoms with Gasteiger partial charge in [-0.05, 0) is 56.9 Å². The van der Waals surface area contributed by atoms with E-state index in [2.05, 4.69) is 22.5 Å². The van der Waals surface area contributed by atoms with Gasteiger partial charge in [0.15, 0.2) is 0 Å². The molecule has 0 aromatic rings. The van der Waals surface area contributed by atoms with E-state index in [1.165, 1.54) is 32.1 Å². The second-order valence-corrected chi connectivity index (χ2v) is 9.03. The van der Waals surface area contributed by atoms with Crippen molar-refractivity contribution in [1.29, 1.82) is 0 Å². The van der Waals surface area contributed by atoms with E-state index in [9.17, 15) is 9.59 Å². The van der Waals surface area contributed by atoms with Crippen LogP contribution in [-0.4, -0.2) is 48.9 Å². The van der Waals surface area contributed by atoms with Crippen LogP contribution in [0, 0.1) is 17.8 Å². The maximum absolute atomic E-state index is 13.1. The number of carbonyl (C=O) groups is 2. The molecule has 0 aromatic heterocycles. The van der Waals surface area contributed by atoms with Gasteiger partial charge in [-0.15, -0.1) is 0 Å². The molecule has 1 aliphatic carbocycles. The Morgan fingerprint density at radius 2 is 1.81 bits per heavy atom.